The maximum atomic E-state index is 12.8. The molecular formula is C16H15F3O7S. The van der Waals surface area contributed by atoms with Crippen molar-refractivity contribution in [2.45, 2.75) is 31.2 Å². The summed E-state index contributed by atoms with van der Waals surface area (Å²) in [6.07, 6.45) is -5.15. The van der Waals surface area contributed by atoms with Crippen LogP contribution in [0.3, 0.4) is 0 Å². The highest BCUT2D eigenvalue weighted by atomic mass is 32.2. The van der Waals surface area contributed by atoms with E-state index in [1.165, 1.54) is 6.92 Å². The molecule has 1 rings (SSSR count). The van der Waals surface area contributed by atoms with E-state index < -0.39 is 51.3 Å². The average molecular weight is 408 g/mol. The van der Waals surface area contributed by atoms with E-state index in [2.05, 4.69) is 4.74 Å². The van der Waals surface area contributed by atoms with Crippen molar-refractivity contribution in [2.75, 3.05) is 7.11 Å². The van der Waals surface area contributed by atoms with Gasteiger partial charge in [0.15, 0.2) is 0 Å². The third-order valence-corrected chi connectivity index (χ3v) is 4.15. The molecular weight excluding hydrogens is 393 g/mol. The first-order valence-electron chi connectivity index (χ1n) is 7.38. The van der Waals surface area contributed by atoms with Gasteiger partial charge in [-0.1, -0.05) is 0 Å². The number of carbonyl (C=O) groups excluding carboxylic acids is 3. The first-order chi connectivity index (χ1) is 12.5. The van der Waals surface area contributed by atoms with Gasteiger partial charge in [0, 0.05) is 6.42 Å². The van der Waals surface area contributed by atoms with Gasteiger partial charge < -0.3 is 14.6 Å². The Bertz CT molecular complexity index is 746. The molecule has 0 aliphatic heterocycles. The van der Waals surface area contributed by atoms with Crippen LogP contribution in [0, 0.1) is 0 Å². The summed E-state index contributed by atoms with van der Waals surface area (Å²) in [4.78, 5) is 45.8. The molecule has 0 spiro atoms. The van der Waals surface area contributed by atoms with Gasteiger partial charge in [-0.2, -0.15) is 13.2 Å². The molecule has 0 aliphatic rings. The van der Waals surface area contributed by atoms with Crippen molar-refractivity contribution < 1.29 is 46.9 Å². The second-order valence-electron chi connectivity index (χ2n) is 5.17. The van der Waals surface area contributed by atoms with Crippen LogP contribution in [-0.2, 0) is 20.5 Å². The standard InChI is InChI=1S/C16H15F3O7S/c1-8(11(20)5-6-13(21)25-2)27-15(24)26-12-7-9(16(17,18)19)3-4-10(12)14(22)23/h3-4,7-8H,5-6H2,1-2H3,(H,22,23). The lowest BCUT2D eigenvalue weighted by molar-refractivity contribution is -0.142. The van der Waals surface area contributed by atoms with E-state index in [-0.39, 0.29) is 12.8 Å². The fraction of sp³-hybridized carbons (Fsp3) is 0.375. The number of methoxy groups -OCH3 is 1. The molecule has 0 heterocycles. The summed E-state index contributed by atoms with van der Waals surface area (Å²) in [5.74, 6) is -3.47. The van der Waals surface area contributed by atoms with E-state index in [1.54, 1.807) is 0 Å². The highest BCUT2D eigenvalue weighted by molar-refractivity contribution is 8.14. The molecule has 0 bridgehead atoms. The molecule has 148 valence electrons. The Labute approximate surface area is 155 Å². The number of ketones is 1. The van der Waals surface area contributed by atoms with Crippen LogP contribution < -0.4 is 4.74 Å². The smallest absolute Gasteiger partial charge is 0.416 e. The van der Waals surface area contributed by atoms with E-state index >= 15 is 0 Å². The van der Waals surface area contributed by atoms with Crippen LogP contribution in [-0.4, -0.2) is 40.5 Å². The maximum Gasteiger partial charge on any atom is 0.416 e. The Morgan fingerprint density at radius 3 is 2.33 bits per heavy atom. The number of carbonyl (C=O) groups is 4. The van der Waals surface area contributed by atoms with Crippen LogP contribution in [0.5, 0.6) is 5.75 Å². The molecule has 1 aromatic carbocycles. The summed E-state index contributed by atoms with van der Waals surface area (Å²) < 4.78 is 47.4. The normalized spacial score (nSPS) is 12.2. The van der Waals surface area contributed by atoms with Gasteiger partial charge in [0.05, 0.1) is 24.3 Å². The lowest BCUT2D eigenvalue weighted by Crippen LogP contribution is -2.19. The zero-order valence-corrected chi connectivity index (χ0v) is 15.0. The van der Waals surface area contributed by atoms with Crippen molar-refractivity contribution in [3.8, 4) is 5.75 Å². The average Bonchev–Trinajstić information content (AvgIpc) is 2.57. The monoisotopic (exact) mass is 408 g/mol. The molecule has 0 aliphatic carbocycles. The largest absolute Gasteiger partial charge is 0.478 e. The minimum Gasteiger partial charge on any atom is -0.478 e. The van der Waals surface area contributed by atoms with Gasteiger partial charge in [0.2, 0.25) is 0 Å². The summed E-state index contributed by atoms with van der Waals surface area (Å²) in [5, 5.41) is 6.90. The molecule has 1 N–H and O–H groups in total. The van der Waals surface area contributed by atoms with Crippen molar-refractivity contribution in [3.05, 3.63) is 29.3 Å². The predicted molar refractivity (Wildman–Crippen MR) is 87.7 cm³/mol. The van der Waals surface area contributed by atoms with Crippen molar-refractivity contribution in [3.63, 3.8) is 0 Å². The molecule has 1 unspecified atom stereocenters. The number of alkyl halides is 3. The van der Waals surface area contributed by atoms with Gasteiger partial charge in [-0.3, -0.25) is 9.59 Å². The first-order valence-corrected chi connectivity index (χ1v) is 8.26. The van der Waals surface area contributed by atoms with Crippen molar-refractivity contribution >= 4 is 34.8 Å². The third kappa shape index (κ3) is 6.93. The van der Waals surface area contributed by atoms with Gasteiger partial charge >= 0.3 is 23.4 Å². The van der Waals surface area contributed by atoms with Gasteiger partial charge in [0.1, 0.15) is 17.1 Å². The maximum absolute atomic E-state index is 12.8. The van der Waals surface area contributed by atoms with E-state index in [9.17, 15) is 32.3 Å². The number of rotatable bonds is 7. The molecule has 27 heavy (non-hydrogen) atoms. The number of halogens is 3. The molecule has 11 heteroatoms. The molecule has 0 amide bonds. The number of hydrogen-bond donors (Lipinski definition) is 1. The third-order valence-electron chi connectivity index (χ3n) is 3.26. The molecule has 0 radical (unpaired) electrons. The number of aromatic carboxylic acids is 1. The SMILES string of the molecule is COC(=O)CCC(=O)C(C)SC(=O)Oc1cc(C(F)(F)F)ccc1C(=O)O. The number of ether oxygens (including phenoxy) is 2. The molecule has 1 atom stereocenters. The molecule has 0 aromatic heterocycles. The first kappa shape index (κ1) is 22.5. The fourth-order valence-electron chi connectivity index (χ4n) is 1.81. The summed E-state index contributed by atoms with van der Waals surface area (Å²) in [7, 11) is 1.15. The van der Waals surface area contributed by atoms with Crippen LogP contribution in [0.25, 0.3) is 0 Å². The van der Waals surface area contributed by atoms with Gasteiger partial charge in [-0.05, 0) is 36.9 Å². The zero-order valence-electron chi connectivity index (χ0n) is 14.2. The summed E-state index contributed by atoms with van der Waals surface area (Å²) >= 11 is 0.359. The Hall–Kier alpha value is -2.56. The van der Waals surface area contributed by atoms with Crippen LogP contribution in [0.1, 0.15) is 35.7 Å². The Morgan fingerprint density at radius 1 is 1.19 bits per heavy atom. The highest BCUT2D eigenvalue weighted by Gasteiger charge is 2.32. The van der Waals surface area contributed by atoms with E-state index in [0.29, 0.717) is 30.0 Å². The number of Topliss-reactive ketones (excluding diaryl/α,β-unsaturated/α-hetero) is 1. The van der Waals surface area contributed by atoms with Crippen LogP contribution in [0.15, 0.2) is 18.2 Å². The summed E-state index contributed by atoms with van der Waals surface area (Å²) in [5.41, 5.74) is -1.83. The summed E-state index contributed by atoms with van der Waals surface area (Å²) in [6, 6.07) is 1.61. The van der Waals surface area contributed by atoms with E-state index in [0.717, 1.165) is 7.11 Å². The molecule has 7 nitrogen and oxygen atoms in total. The van der Waals surface area contributed by atoms with Crippen LogP contribution in [0.4, 0.5) is 18.0 Å². The van der Waals surface area contributed by atoms with E-state index in [4.69, 9.17) is 9.84 Å². The quantitative estimate of drug-likeness (QED) is 0.683. The lowest BCUT2D eigenvalue weighted by atomic mass is 10.1. The second kappa shape index (κ2) is 9.40. The molecule has 0 fully saturated rings. The van der Waals surface area contributed by atoms with Gasteiger partial charge in [-0.15, -0.1) is 0 Å². The number of esters is 1. The van der Waals surface area contributed by atoms with Gasteiger partial charge in [-0.25, -0.2) is 9.59 Å². The van der Waals surface area contributed by atoms with Crippen LogP contribution >= 0.6 is 11.8 Å². The number of benzene rings is 1. The Balaban J connectivity index is 2.84. The minimum absolute atomic E-state index is 0.188. The topological polar surface area (TPSA) is 107 Å². The van der Waals surface area contributed by atoms with Crippen molar-refractivity contribution in [2.24, 2.45) is 0 Å². The molecule has 0 saturated heterocycles. The number of hydrogen-bond acceptors (Lipinski definition) is 7. The fourth-order valence-corrected chi connectivity index (χ4v) is 2.49. The minimum atomic E-state index is -4.76. The number of carboxylic acids is 1. The second-order valence-corrected chi connectivity index (χ2v) is 6.44. The van der Waals surface area contributed by atoms with Crippen molar-refractivity contribution in [1.82, 2.24) is 0 Å². The zero-order chi connectivity index (χ0) is 20.8. The van der Waals surface area contributed by atoms with Crippen molar-refractivity contribution in [1.29, 1.82) is 0 Å². The van der Waals surface area contributed by atoms with E-state index in [1.807, 2.05) is 0 Å². The molecule has 1 aromatic rings. The summed E-state index contributed by atoms with van der Waals surface area (Å²) in [6.45, 7) is 1.34. The van der Waals surface area contributed by atoms with Gasteiger partial charge in [0.25, 0.3) is 0 Å². The Morgan fingerprint density at radius 2 is 1.81 bits per heavy atom. The number of carboxylic acid groups (broad SMARTS) is 1. The predicted octanol–water partition coefficient (Wildman–Crippen LogP) is 3.55. The highest BCUT2D eigenvalue weighted by Crippen LogP contribution is 2.34. The van der Waals surface area contributed by atoms with Crippen LogP contribution in [0.2, 0.25) is 0 Å². The number of thioether (sulfide) groups is 1. The molecule has 0 saturated carbocycles. The lowest BCUT2D eigenvalue weighted by Gasteiger charge is -2.13. The Kier molecular flexibility index (Phi) is 7.82.